The average Bonchev–Trinajstić information content (AvgIpc) is 3.09. The molecule has 3 rings (SSSR count). The third-order valence-electron chi connectivity index (χ3n) is 4.22. The molecule has 6 heteroatoms. The number of carbonyl (C=O) groups excluding carboxylic acids is 1. The Kier molecular flexibility index (Phi) is 4.85. The van der Waals surface area contributed by atoms with Crippen molar-refractivity contribution in [3.63, 3.8) is 0 Å². The van der Waals surface area contributed by atoms with Gasteiger partial charge < -0.3 is 15.3 Å². The number of aliphatic carboxylic acids is 1. The number of urea groups is 1. The van der Waals surface area contributed by atoms with Gasteiger partial charge in [-0.2, -0.15) is 0 Å². The number of benzene rings is 1. The normalized spacial score (nSPS) is 20.6. The van der Waals surface area contributed by atoms with Gasteiger partial charge in [0.15, 0.2) is 0 Å². The molecule has 24 heavy (non-hydrogen) atoms. The topological polar surface area (TPSA) is 69.6 Å². The van der Waals surface area contributed by atoms with E-state index in [1.807, 2.05) is 48.7 Å². The second kappa shape index (κ2) is 7.05. The quantitative estimate of drug-likeness (QED) is 0.884. The van der Waals surface area contributed by atoms with Crippen LogP contribution in [0.3, 0.4) is 0 Å². The van der Waals surface area contributed by atoms with Crippen molar-refractivity contribution in [2.45, 2.75) is 13.3 Å². The molecular formula is C18H20N2O3S. The molecule has 2 atom stereocenters. The Balaban J connectivity index is 1.70. The molecule has 2 aromatic rings. The Morgan fingerprint density at radius 2 is 2.08 bits per heavy atom. The Bertz CT molecular complexity index is 730. The van der Waals surface area contributed by atoms with Gasteiger partial charge in [-0.3, -0.25) is 4.79 Å². The van der Waals surface area contributed by atoms with Crippen LogP contribution in [0.25, 0.3) is 10.4 Å². The lowest BCUT2D eigenvalue weighted by Crippen LogP contribution is -2.47. The Hall–Kier alpha value is -2.34. The van der Waals surface area contributed by atoms with Crippen molar-refractivity contribution in [2.24, 2.45) is 11.8 Å². The zero-order chi connectivity index (χ0) is 17.1. The molecule has 2 unspecified atom stereocenters. The lowest BCUT2D eigenvalue weighted by molar-refractivity contribution is -0.143. The van der Waals surface area contributed by atoms with Gasteiger partial charge in [0, 0.05) is 23.7 Å². The SMILES string of the molecule is CC1CC(C(=O)O)CN(C(=O)Nc2cccc(-c3cccs3)c2)C1. The molecule has 2 heterocycles. The molecule has 2 N–H and O–H groups in total. The summed E-state index contributed by atoms with van der Waals surface area (Å²) in [6.45, 7) is 2.82. The number of likely N-dealkylation sites (tertiary alicyclic amines) is 1. The predicted molar refractivity (Wildman–Crippen MR) is 95.3 cm³/mol. The highest BCUT2D eigenvalue weighted by molar-refractivity contribution is 7.13. The summed E-state index contributed by atoms with van der Waals surface area (Å²) in [5, 5.41) is 14.1. The van der Waals surface area contributed by atoms with Crippen molar-refractivity contribution >= 4 is 29.0 Å². The van der Waals surface area contributed by atoms with Crippen molar-refractivity contribution in [2.75, 3.05) is 18.4 Å². The fraction of sp³-hybridized carbons (Fsp3) is 0.333. The number of nitrogens with zero attached hydrogens (tertiary/aromatic N) is 1. The molecule has 1 aliphatic heterocycles. The zero-order valence-electron chi connectivity index (χ0n) is 13.4. The first-order valence-electron chi connectivity index (χ1n) is 7.95. The van der Waals surface area contributed by atoms with Gasteiger partial charge in [0.25, 0.3) is 0 Å². The molecule has 1 aromatic heterocycles. The molecule has 126 valence electrons. The molecule has 0 aliphatic carbocycles. The molecule has 0 radical (unpaired) electrons. The Labute approximate surface area is 144 Å². The van der Waals surface area contributed by atoms with E-state index in [9.17, 15) is 14.7 Å². The summed E-state index contributed by atoms with van der Waals surface area (Å²) in [5.41, 5.74) is 1.77. The third-order valence-corrected chi connectivity index (χ3v) is 5.13. The van der Waals surface area contributed by atoms with E-state index < -0.39 is 11.9 Å². The van der Waals surface area contributed by atoms with Crippen LogP contribution in [0.4, 0.5) is 10.5 Å². The van der Waals surface area contributed by atoms with Crippen LogP contribution >= 0.6 is 11.3 Å². The lowest BCUT2D eigenvalue weighted by Gasteiger charge is -2.34. The number of carbonyl (C=O) groups is 2. The highest BCUT2D eigenvalue weighted by atomic mass is 32.1. The molecule has 0 spiro atoms. The maximum absolute atomic E-state index is 12.5. The lowest BCUT2D eigenvalue weighted by atomic mass is 9.91. The monoisotopic (exact) mass is 344 g/mol. The molecular weight excluding hydrogens is 324 g/mol. The first-order chi connectivity index (χ1) is 11.5. The predicted octanol–water partition coefficient (Wildman–Crippen LogP) is 3.99. The van der Waals surface area contributed by atoms with Crippen LogP contribution in [0.5, 0.6) is 0 Å². The number of anilines is 1. The van der Waals surface area contributed by atoms with Crippen molar-refractivity contribution < 1.29 is 14.7 Å². The summed E-state index contributed by atoms with van der Waals surface area (Å²) in [6, 6.07) is 11.5. The average molecular weight is 344 g/mol. The number of hydrogen-bond acceptors (Lipinski definition) is 3. The first kappa shape index (κ1) is 16.5. The van der Waals surface area contributed by atoms with Crippen LogP contribution in [-0.4, -0.2) is 35.1 Å². The fourth-order valence-electron chi connectivity index (χ4n) is 3.09. The minimum absolute atomic E-state index is 0.183. The van der Waals surface area contributed by atoms with Gasteiger partial charge in [-0.25, -0.2) is 4.79 Å². The van der Waals surface area contributed by atoms with Gasteiger partial charge in [0.05, 0.1) is 5.92 Å². The van der Waals surface area contributed by atoms with Gasteiger partial charge in [0.2, 0.25) is 0 Å². The molecule has 0 bridgehead atoms. The van der Waals surface area contributed by atoms with Gasteiger partial charge in [0.1, 0.15) is 0 Å². The fourth-order valence-corrected chi connectivity index (χ4v) is 3.82. The van der Waals surface area contributed by atoms with E-state index >= 15 is 0 Å². The molecule has 1 fully saturated rings. The number of nitrogens with one attached hydrogen (secondary N) is 1. The number of piperidine rings is 1. The Morgan fingerprint density at radius 3 is 2.79 bits per heavy atom. The van der Waals surface area contributed by atoms with E-state index in [0.717, 1.165) is 16.1 Å². The highest BCUT2D eigenvalue weighted by Gasteiger charge is 2.31. The summed E-state index contributed by atoms with van der Waals surface area (Å²) in [6.07, 6.45) is 0.618. The van der Waals surface area contributed by atoms with Crippen molar-refractivity contribution in [3.05, 3.63) is 41.8 Å². The van der Waals surface area contributed by atoms with Gasteiger partial charge in [-0.05, 0) is 41.5 Å². The van der Waals surface area contributed by atoms with Crippen molar-refractivity contribution in [1.29, 1.82) is 0 Å². The van der Waals surface area contributed by atoms with E-state index in [1.54, 1.807) is 16.2 Å². The minimum Gasteiger partial charge on any atom is -0.481 e. The van der Waals surface area contributed by atoms with Gasteiger partial charge >= 0.3 is 12.0 Å². The summed E-state index contributed by atoms with van der Waals surface area (Å²) >= 11 is 1.65. The first-order valence-corrected chi connectivity index (χ1v) is 8.83. The third kappa shape index (κ3) is 3.76. The molecule has 2 amide bonds. The van der Waals surface area contributed by atoms with Crippen LogP contribution in [0.2, 0.25) is 0 Å². The molecule has 0 saturated carbocycles. The van der Waals surface area contributed by atoms with Crippen molar-refractivity contribution in [3.8, 4) is 10.4 Å². The van der Waals surface area contributed by atoms with E-state index in [1.165, 1.54) is 0 Å². The van der Waals surface area contributed by atoms with Crippen LogP contribution < -0.4 is 5.32 Å². The highest BCUT2D eigenvalue weighted by Crippen LogP contribution is 2.27. The van der Waals surface area contributed by atoms with Crippen LogP contribution in [0.15, 0.2) is 41.8 Å². The van der Waals surface area contributed by atoms with Crippen LogP contribution in [0.1, 0.15) is 13.3 Å². The largest absolute Gasteiger partial charge is 0.481 e. The number of hydrogen-bond donors (Lipinski definition) is 2. The number of rotatable bonds is 3. The number of carboxylic acid groups (broad SMARTS) is 1. The second-order valence-corrected chi connectivity index (χ2v) is 7.22. The standard InChI is InChI=1S/C18H20N2O3S/c1-12-8-14(17(21)22)11-20(10-12)18(23)19-15-5-2-4-13(9-15)16-6-3-7-24-16/h2-7,9,12,14H,8,10-11H2,1H3,(H,19,23)(H,21,22). The van der Waals surface area contributed by atoms with Crippen molar-refractivity contribution in [1.82, 2.24) is 4.90 Å². The molecule has 5 nitrogen and oxygen atoms in total. The summed E-state index contributed by atoms with van der Waals surface area (Å²) < 4.78 is 0. The summed E-state index contributed by atoms with van der Waals surface area (Å²) in [5.74, 6) is -1.14. The Morgan fingerprint density at radius 1 is 1.25 bits per heavy atom. The van der Waals surface area contributed by atoms with Gasteiger partial charge in [-0.1, -0.05) is 25.1 Å². The number of thiophene rings is 1. The summed E-state index contributed by atoms with van der Waals surface area (Å²) in [4.78, 5) is 26.5. The maximum Gasteiger partial charge on any atom is 0.321 e. The maximum atomic E-state index is 12.5. The van der Waals surface area contributed by atoms with E-state index in [-0.39, 0.29) is 18.5 Å². The number of carboxylic acids is 1. The van der Waals surface area contributed by atoms with Gasteiger partial charge in [-0.15, -0.1) is 11.3 Å². The second-order valence-electron chi connectivity index (χ2n) is 6.27. The smallest absolute Gasteiger partial charge is 0.321 e. The van der Waals surface area contributed by atoms with E-state index in [4.69, 9.17) is 0 Å². The molecule has 1 aliphatic rings. The minimum atomic E-state index is -0.834. The van der Waals surface area contributed by atoms with E-state index in [0.29, 0.717) is 13.0 Å². The molecule has 1 saturated heterocycles. The van der Waals surface area contributed by atoms with Crippen LogP contribution in [0, 0.1) is 11.8 Å². The number of amides is 2. The molecule has 1 aromatic carbocycles. The summed E-state index contributed by atoms with van der Waals surface area (Å²) in [7, 11) is 0. The van der Waals surface area contributed by atoms with Crippen LogP contribution in [-0.2, 0) is 4.79 Å². The zero-order valence-corrected chi connectivity index (χ0v) is 14.3. The van der Waals surface area contributed by atoms with E-state index in [2.05, 4.69) is 5.32 Å².